The van der Waals surface area contributed by atoms with Gasteiger partial charge in [-0.2, -0.15) is 0 Å². The molecule has 1 heteroatoms. The largest absolute Gasteiger partial charge is 0.303 e. The van der Waals surface area contributed by atoms with Gasteiger partial charge < -0.3 is 4.79 Å². The molecule has 0 bridgehead atoms. The van der Waals surface area contributed by atoms with Gasteiger partial charge in [0.25, 0.3) is 0 Å². The topological polar surface area (TPSA) is 17.1 Å². The van der Waals surface area contributed by atoms with E-state index < -0.39 is 0 Å². The first-order chi connectivity index (χ1) is 8.81. The van der Waals surface area contributed by atoms with E-state index in [4.69, 9.17) is 0 Å². The normalized spacial score (nSPS) is 16.2. The molecule has 1 nitrogen and oxygen atoms in total. The van der Waals surface area contributed by atoms with Crippen molar-refractivity contribution >= 4 is 6.29 Å². The summed E-state index contributed by atoms with van der Waals surface area (Å²) in [5.74, 6) is 0. The summed E-state index contributed by atoms with van der Waals surface area (Å²) in [5.41, 5.74) is 3.68. The number of benzene rings is 2. The van der Waals surface area contributed by atoms with Crippen LogP contribution in [0.3, 0.4) is 0 Å². The van der Waals surface area contributed by atoms with Crippen LogP contribution in [0, 0.1) is 5.41 Å². The minimum absolute atomic E-state index is 0.231. The second-order valence-electron chi connectivity index (χ2n) is 5.26. The van der Waals surface area contributed by atoms with Gasteiger partial charge in [0.05, 0.1) is 0 Å². The number of rotatable bonds is 3. The lowest BCUT2D eigenvalue weighted by atomic mass is 9.80. The molecule has 0 fully saturated rings. The standard InChI is InChI=1S/C17H16O/c18-13-17(10-14-6-2-1-3-7-14)11-15-8-4-5-9-16(15)12-17/h1-9,13H,10-12H2. The number of carbonyl (C=O) groups is 1. The third-order valence-corrected chi connectivity index (χ3v) is 3.85. The molecule has 1 aliphatic rings. The molecule has 3 rings (SSSR count). The fourth-order valence-corrected chi connectivity index (χ4v) is 2.98. The molecule has 2 aromatic carbocycles. The zero-order valence-corrected chi connectivity index (χ0v) is 10.3. The van der Waals surface area contributed by atoms with Crippen LogP contribution in [0.15, 0.2) is 54.6 Å². The van der Waals surface area contributed by atoms with Gasteiger partial charge in [-0.05, 0) is 36.0 Å². The van der Waals surface area contributed by atoms with Crippen molar-refractivity contribution in [2.75, 3.05) is 0 Å². The lowest BCUT2D eigenvalue weighted by Crippen LogP contribution is -2.26. The number of carbonyl (C=O) groups excluding carboxylic acids is 1. The van der Waals surface area contributed by atoms with Crippen molar-refractivity contribution in [2.45, 2.75) is 19.3 Å². The number of aldehydes is 1. The summed E-state index contributed by atoms with van der Waals surface area (Å²) in [7, 11) is 0. The zero-order chi connectivity index (χ0) is 12.4. The maximum absolute atomic E-state index is 11.6. The predicted octanol–water partition coefficient (Wildman–Crippen LogP) is 3.21. The summed E-state index contributed by atoms with van der Waals surface area (Å²) >= 11 is 0. The van der Waals surface area contributed by atoms with Crippen LogP contribution in [0.25, 0.3) is 0 Å². The van der Waals surface area contributed by atoms with Crippen LogP contribution < -0.4 is 0 Å². The van der Waals surface area contributed by atoms with Crippen molar-refractivity contribution in [3.63, 3.8) is 0 Å². The third kappa shape index (κ3) is 1.97. The molecule has 0 atom stereocenters. The van der Waals surface area contributed by atoms with E-state index in [2.05, 4.69) is 36.4 Å². The first kappa shape index (κ1) is 11.2. The highest BCUT2D eigenvalue weighted by Crippen LogP contribution is 2.37. The second kappa shape index (κ2) is 4.41. The van der Waals surface area contributed by atoms with Crippen molar-refractivity contribution in [3.8, 4) is 0 Å². The van der Waals surface area contributed by atoms with E-state index in [0.717, 1.165) is 19.3 Å². The predicted molar refractivity (Wildman–Crippen MR) is 72.5 cm³/mol. The average molecular weight is 236 g/mol. The molecule has 0 unspecified atom stereocenters. The molecule has 0 amide bonds. The number of hydrogen-bond donors (Lipinski definition) is 0. The summed E-state index contributed by atoms with van der Waals surface area (Å²) in [6, 6.07) is 18.7. The lowest BCUT2D eigenvalue weighted by molar-refractivity contribution is -0.115. The van der Waals surface area contributed by atoms with Crippen LogP contribution in [-0.4, -0.2) is 6.29 Å². The maximum Gasteiger partial charge on any atom is 0.127 e. The third-order valence-electron chi connectivity index (χ3n) is 3.85. The van der Waals surface area contributed by atoms with Crippen molar-refractivity contribution in [2.24, 2.45) is 5.41 Å². The van der Waals surface area contributed by atoms with E-state index in [1.54, 1.807) is 0 Å². The molecule has 90 valence electrons. The van der Waals surface area contributed by atoms with Crippen LogP contribution in [0.2, 0.25) is 0 Å². The Hall–Kier alpha value is -1.89. The van der Waals surface area contributed by atoms with Crippen LogP contribution in [-0.2, 0) is 24.1 Å². The minimum atomic E-state index is -0.231. The van der Waals surface area contributed by atoms with E-state index in [9.17, 15) is 4.79 Å². The Balaban J connectivity index is 1.89. The fourth-order valence-electron chi connectivity index (χ4n) is 2.98. The molecule has 0 aliphatic heterocycles. The van der Waals surface area contributed by atoms with E-state index in [1.165, 1.54) is 23.0 Å². The highest BCUT2D eigenvalue weighted by molar-refractivity contribution is 5.64. The molecule has 18 heavy (non-hydrogen) atoms. The fraction of sp³-hybridized carbons (Fsp3) is 0.235. The van der Waals surface area contributed by atoms with Crippen molar-refractivity contribution < 1.29 is 4.79 Å². The first-order valence-electron chi connectivity index (χ1n) is 6.38. The van der Waals surface area contributed by atoms with Gasteiger partial charge in [-0.15, -0.1) is 0 Å². The Kier molecular flexibility index (Phi) is 2.75. The molecule has 0 N–H and O–H groups in total. The first-order valence-corrected chi connectivity index (χ1v) is 6.38. The molecule has 0 radical (unpaired) electrons. The van der Waals surface area contributed by atoms with E-state index in [1.807, 2.05) is 18.2 Å². The van der Waals surface area contributed by atoms with Gasteiger partial charge >= 0.3 is 0 Å². The Morgan fingerprint density at radius 2 is 1.44 bits per heavy atom. The Morgan fingerprint density at radius 3 is 2.00 bits per heavy atom. The molecule has 0 saturated carbocycles. The van der Waals surface area contributed by atoms with Crippen LogP contribution >= 0.6 is 0 Å². The molecule has 2 aromatic rings. The molecule has 0 spiro atoms. The molecule has 0 saturated heterocycles. The van der Waals surface area contributed by atoms with Crippen LogP contribution in [0.1, 0.15) is 16.7 Å². The summed E-state index contributed by atoms with van der Waals surface area (Å²) in [5, 5.41) is 0. The molecule has 0 aromatic heterocycles. The van der Waals surface area contributed by atoms with Crippen LogP contribution in [0.4, 0.5) is 0 Å². The van der Waals surface area contributed by atoms with E-state index in [-0.39, 0.29) is 5.41 Å². The van der Waals surface area contributed by atoms with Gasteiger partial charge in [-0.3, -0.25) is 0 Å². The lowest BCUT2D eigenvalue weighted by Gasteiger charge is -2.21. The number of hydrogen-bond acceptors (Lipinski definition) is 1. The van der Waals surface area contributed by atoms with E-state index in [0.29, 0.717) is 0 Å². The van der Waals surface area contributed by atoms with Crippen molar-refractivity contribution in [3.05, 3.63) is 71.3 Å². The van der Waals surface area contributed by atoms with Gasteiger partial charge in [0, 0.05) is 5.41 Å². The molecule has 1 aliphatic carbocycles. The van der Waals surface area contributed by atoms with Crippen molar-refractivity contribution in [1.82, 2.24) is 0 Å². The van der Waals surface area contributed by atoms with Gasteiger partial charge in [0.15, 0.2) is 0 Å². The highest BCUT2D eigenvalue weighted by atomic mass is 16.1. The van der Waals surface area contributed by atoms with Crippen LogP contribution in [0.5, 0.6) is 0 Å². The quantitative estimate of drug-likeness (QED) is 0.748. The summed E-state index contributed by atoms with van der Waals surface area (Å²) < 4.78 is 0. The van der Waals surface area contributed by atoms with E-state index >= 15 is 0 Å². The zero-order valence-electron chi connectivity index (χ0n) is 10.3. The summed E-state index contributed by atoms with van der Waals surface area (Å²) in [6.45, 7) is 0. The van der Waals surface area contributed by atoms with Gasteiger partial charge in [-0.25, -0.2) is 0 Å². The monoisotopic (exact) mass is 236 g/mol. The second-order valence-corrected chi connectivity index (χ2v) is 5.26. The van der Waals surface area contributed by atoms with Gasteiger partial charge in [0.2, 0.25) is 0 Å². The van der Waals surface area contributed by atoms with Crippen molar-refractivity contribution in [1.29, 1.82) is 0 Å². The summed E-state index contributed by atoms with van der Waals surface area (Å²) in [6.07, 6.45) is 3.76. The Labute approximate surface area is 107 Å². The SMILES string of the molecule is O=CC1(Cc2ccccc2)Cc2ccccc2C1. The number of fused-ring (bicyclic) bond motifs is 1. The maximum atomic E-state index is 11.6. The molecule has 0 heterocycles. The van der Waals surface area contributed by atoms with Gasteiger partial charge in [-0.1, -0.05) is 54.6 Å². The summed E-state index contributed by atoms with van der Waals surface area (Å²) in [4.78, 5) is 11.6. The molecular weight excluding hydrogens is 220 g/mol. The Morgan fingerprint density at radius 1 is 0.889 bits per heavy atom. The minimum Gasteiger partial charge on any atom is -0.303 e. The molecular formula is C17H16O. The van der Waals surface area contributed by atoms with Gasteiger partial charge in [0.1, 0.15) is 6.29 Å². The highest BCUT2D eigenvalue weighted by Gasteiger charge is 2.36. The smallest absolute Gasteiger partial charge is 0.127 e. The average Bonchev–Trinajstić information content (AvgIpc) is 2.78. The Bertz CT molecular complexity index is 532.